The van der Waals surface area contributed by atoms with Crippen LogP contribution in [-0.2, 0) is 9.53 Å². The number of methoxy groups -OCH3 is 1. The summed E-state index contributed by atoms with van der Waals surface area (Å²) in [5.41, 5.74) is 9.39. The van der Waals surface area contributed by atoms with Crippen molar-refractivity contribution in [3.05, 3.63) is 65.2 Å². The molecule has 212 valence electrons. The molecule has 2 aliphatic rings. The largest absolute Gasteiger partial charge is 0.485 e. The number of hydrogen-bond donors (Lipinski definition) is 2. The van der Waals surface area contributed by atoms with Crippen LogP contribution in [0.15, 0.2) is 42.7 Å². The Balaban J connectivity index is 1.38. The standard InChI is InChI=1S/C31H32FN5O4/c1-4-6-27(38)37-15-22(40-3)14-21(37)16-41-29-28(34-17-35-30(29)33)23-7-5-8-26(18(23)2)36-31(39)24-12-11-20(13-25(24)32)19-9-10-19/h5,7-8,11-13,17,19,21-22H,9-10,14-16H2,1-3H3,(H,36,39)(H2,33,34,35)/t21-,22+/m0/s1. The molecule has 0 bridgehead atoms. The van der Waals surface area contributed by atoms with Crippen molar-refractivity contribution in [2.45, 2.75) is 51.2 Å². The number of aromatic nitrogens is 2. The average molecular weight is 558 g/mol. The normalized spacial score (nSPS) is 18.0. The third kappa shape index (κ3) is 6.00. The number of hydrogen-bond acceptors (Lipinski definition) is 7. The van der Waals surface area contributed by atoms with Crippen LogP contribution in [0.3, 0.4) is 0 Å². The first-order valence-electron chi connectivity index (χ1n) is 13.5. The van der Waals surface area contributed by atoms with Crippen molar-refractivity contribution < 1.29 is 23.5 Å². The van der Waals surface area contributed by atoms with E-state index in [1.165, 1.54) is 18.5 Å². The quantitative estimate of drug-likeness (QED) is 0.396. The van der Waals surface area contributed by atoms with E-state index in [2.05, 4.69) is 27.1 Å². The highest BCUT2D eigenvalue weighted by Crippen LogP contribution is 2.40. The zero-order chi connectivity index (χ0) is 29.1. The third-order valence-electron chi connectivity index (χ3n) is 7.58. The Morgan fingerprint density at radius 2 is 2.02 bits per heavy atom. The number of halogens is 1. The van der Waals surface area contributed by atoms with Crippen LogP contribution in [0.2, 0.25) is 0 Å². The summed E-state index contributed by atoms with van der Waals surface area (Å²) in [6.45, 7) is 3.98. The fourth-order valence-corrected chi connectivity index (χ4v) is 5.13. The molecular formula is C31H32FN5O4. The number of likely N-dealkylation sites (tertiary alicyclic amines) is 1. The summed E-state index contributed by atoms with van der Waals surface area (Å²) in [7, 11) is 1.61. The molecule has 41 heavy (non-hydrogen) atoms. The Morgan fingerprint density at radius 3 is 2.73 bits per heavy atom. The number of amides is 2. The van der Waals surface area contributed by atoms with Crippen molar-refractivity contribution in [3.63, 3.8) is 0 Å². The van der Waals surface area contributed by atoms with Gasteiger partial charge >= 0.3 is 0 Å². The molecule has 1 aliphatic carbocycles. The van der Waals surface area contributed by atoms with Gasteiger partial charge in [0.25, 0.3) is 11.8 Å². The molecule has 0 radical (unpaired) electrons. The molecule has 2 atom stereocenters. The Kier molecular flexibility index (Phi) is 8.17. The number of nitrogens with zero attached hydrogens (tertiary/aromatic N) is 3. The minimum atomic E-state index is -0.544. The topological polar surface area (TPSA) is 120 Å². The minimum Gasteiger partial charge on any atom is -0.485 e. The van der Waals surface area contributed by atoms with Gasteiger partial charge < -0.3 is 25.4 Å². The van der Waals surface area contributed by atoms with Gasteiger partial charge in [0.2, 0.25) is 0 Å². The maximum Gasteiger partial charge on any atom is 0.298 e. The molecule has 2 fully saturated rings. The maximum atomic E-state index is 14.8. The van der Waals surface area contributed by atoms with E-state index in [1.807, 2.05) is 19.1 Å². The molecule has 1 saturated heterocycles. The predicted octanol–water partition coefficient (Wildman–Crippen LogP) is 4.32. The minimum absolute atomic E-state index is 0.0210. The zero-order valence-electron chi connectivity index (χ0n) is 23.2. The van der Waals surface area contributed by atoms with Crippen LogP contribution in [0, 0.1) is 24.6 Å². The second-order valence-electron chi connectivity index (χ2n) is 10.3. The molecule has 5 rings (SSSR count). The lowest BCUT2D eigenvalue weighted by Crippen LogP contribution is -2.38. The molecular weight excluding hydrogens is 525 g/mol. The molecule has 3 aromatic rings. The molecule has 9 nitrogen and oxygen atoms in total. The van der Waals surface area contributed by atoms with Gasteiger partial charge in [0, 0.05) is 24.9 Å². The average Bonchev–Trinajstić information content (AvgIpc) is 3.73. The second-order valence-corrected chi connectivity index (χ2v) is 10.3. The van der Waals surface area contributed by atoms with Crippen LogP contribution in [0.1, 0.15) is 53.6 Å². The smallest absolute Gasteiger partial charge is 0.298 e. The Labute approximate surface area is 238 Å². The van der Waals surface area contributed by atoms with Gasteiger partial charge in [-0.15, -0.1) is 0 Å². The number of ether oxygens (including phenoxy) is 2. The molecule has 10 heteroatoms. The van der Waals surface area contributed by atoms with Crippen molar-refractivity contribution in [2.24, 2.45) is 0 Å². The monoisotopic (exact) mass is 557 g/mol. The molecule has 2 heterocycles. The van der Waals surface area contributed by atoms with Gasteiger partial charge in [0.05, 0.1) is 17.7 Å². The van der Waals surface area contributed by atoms with E-state index in [1.54, 1.807) is 31.1 Å². The van der Waals surface area contributed by atoms with Crippen LogP contribution < -0.4 is 15.8 Å². The van der Waals surface area contributed by atoms with Gasteiger partial charge in [0.15, 0.2) is 11.6 Å². The molecule has 2 aromatic carbocycles. The van der Waals surface area contributed by atoms with E-state index in [-0.39, 0.29) is 41.8 Å². The van der Waals surface area contributed by atoms with Crippen molar-refractivity contribution >= 4 is 23.3 Å². The number of anilines is 2. The molecule has 1 saturated carbocycles. The highest BCUT2D eigenvalue weighted by molar-refractivity contribution is 6.05. The Morgan fingerprint density at radius 1 is 1.22 bits per heavy atom. The van der Waals surface area contributed by atoms with E-state index in [4.69, 9.17) is 15.2 Å². The number of rotatable bonds is 8. The number of nitrogens with one attached hydrogen (secondary N) is 1. The summed E-state index contributed by atoms with van der Waals surface area (Å²) < 4.78 is 26.4. The Hall–Kier alpha value is -4.49. The van der Waals surface area contributed by atoms with E-state index in [9.17, 15) is 14.0 Å². The van der Waals surface area contributed by atoms with E-state index in [0.29, 0.717) is 41.4 Å². The molecule has 1 aliphatic heterocycles. The van der Waals surface area contributed by atoms with Crippen LogP contribution in [-0.4, -0.2) is 59.1 Å². The van der Waals surface area contributed by atoms with Crippen LogP contribution in [0.5, 0.6) is 5.75 Å². The fourth-order valence-electron chi connectivity index (χ4n) is 5.13. The zero-order valence-corrected chi connectivity index (χ0v) is 23.2. The molecule has 1 aromatic heterocycles. The van der Waals surface area contributed by atoms with Crippen molar-refractivity contribution in [3.8, 4) is 28.8 Å². The van der Waals surface area contributed by atoms with Crippen molar-refractivity contribution in [1.82, 2.24) is 14.9 Å². The van der Waals surface area contributed by atoms with Crippen LogP contribution in [0.25, 0.3) is 11.3 Å². The SMILES string of the molecule is CC#CC(=O)N1C[C@H](OC)C[C@H]1COc1c(N)ncnc1-c1cccc(NC(=O)c2ccc(C3CC3)cc2F)c1C. The summed E-state index contributed by atoms with van der Waals surface area (Å²) >= 11 is 0. The van der Waals surface area contributed by atoms with Crippen LogP contribution in [0.4, 0.5) is 15.9 Å². The molecule has 0 spiro atoms. The number of nitrogen functional groups attached to an aromatic ring is 1. The summed E-state index contributed by atoms with van der Waals surface area (Å²) in [4.78, 5) is 35.8. The second kappa shape index (κ2) is 11.9. The number of nitrogens with two attached hydrogens (primary N) is 1. The first-order chi connectivity index (χ1) is 19.8. The summed E-state index contributed by atoms with van der Waals surface area (Å²) in [5.74, 6) is 4.63. The first-order valence-corrected chi connectivity index (χ1v) is 13.5. The van der Waals surface area contributed by atoms with E-state index in [0.717, 1.165) is 18.4 Å². The van der Waals surface area contributed by atoms with Crippen LogP contribution >= 0.6 is 0 Å². The fraction of sp³-hybridized carbons (Fsp3) is 0.355. The summed E-state index contributed by atoms with van der Waals surface area (Å²) in [6.07, 6.45) is 3.88. The van der Waals surface area contributed by atoms with Crippen molar-refractivity contribution in [2.75, 3.05) is 31.3 Å². The maximum absolute atomic E-state index is 14.8. The third-order valence-corrected chi connectivity index (χ3v) is 7.58. The first kappa shape index (κ1) is 28.1. The lowest BCUT2D eigenvalue weighted by Gasteiger charge is -2.23. The lowest BCUT2D eigenvalue weighted by molar-refractivity contribution is -0.126. The van der Waals surface area contributed by atoms with Gasteiger partial charge in [-0.25, -0.2) is 14.4 Å². The number of benzene rings is 2. The lowest BCUT2D eigenvalue weighted by atomic mass is 10.0. The van der Waals surface area contributed by atoms with Gasteiger partial charge in [-0.3, -0.25) is 9.59 Å². The summed E-state index contributed by atoms with van der Waals surface area (Å²) in [6, 6.07) is 9.84. The predicted molar refractivity (Wildman–Crippen MR) is 153 cm³/mol. The van der Waals surface area contributed by atoms with Gasteiger partial charge in [0.1, 0.15) is 24.4 Å². The van der Waals surface area contributed by atoms with E-state index < -0.39 is 11.7 Å². The molecule has 0 unspecified atom stereocenters. The van der Waals surface area contributed by atoms with Gasteiger partial charge in [-0.2, -0.15) is 0 Å². The number of carbonyl (C=O) groups excluding carboxylic acids is 2. The Bertz CT molecular complexity index is 1550. The van der Waals surface area contributed by atoms with Crippen molar-refractivity contribution in [1.29, 1.82) is 0 Å². The molecule has 2 amide bonds. The highest BCUT2D eigenvalue weighted by atomic mass is 19.1. The number of carbonyl (C=O) groups is 2. The van der Waals surface area contributed by atoms with Gasteiger partial charge in [-0.1, -0.05) is 24.1 Å². The summed E-state index contributed by atoms with van der Waals surface area (Å²) in [5, 5.41) is 2.83. The highest BCUT2D eigenvalue weighted by Gasteiger charge is 2.36. The molecule has 3 N–H and O–H groups in total. The van der Waals surface area contributed by atoms with Gasteiger partial charge in [-0.05, 0) is 74.3 Å². The van der Waals surface area contributed by atoms with E-state index >= 15 is 0 Å².